The molecule has 1 aromatic carbocycles. The van der Waals surface area contributed by atoms with Gasteiger partial charge in [0.2, 0.25) is 5.91 Å². The smallest absolute Gasteiger partial charge is 0.240 e. The fraction of sp³-hybridized carbons (Fsp3) is 0.533. The van der Waals surface area contributed by atoms with Gasteiger partial charge in [0.1, 0.15) is 0 Å². The number of nitrogens with one attached hydrogen (secondary N) is 1. The molecule has 1 aliphatic carbocycles. The Balaban J connectivity index is 1.78. The summed E-state index contributed by atoms with van der Waals surface area (Å²) in [5.74, 6) is 1.43. The number of ether oxygens (including phenoxy) is 2. The van der Waals surface area contributed by atoms with Crippen LogP contribution in [0.3, 0.4) is 0 Å². The number of aryl methyl sites for hydroxylation is 1. The van der Waals surface area contributed by atoms with Crippen LogP contribution >= 0.6 is 0 Å². The van der Waals surface area contributed by atoms with Gasteiger partial charge in [-0.3, -0.25) is 4.79 Å². The molecule has 1 saturated carbocycles. The Morgan fingerprint density at radius 2 is 2.00 bits per heavy atom. The number of hydrogen-bond acceptors (Lipinski definition) is 4. The highest BCUT2D eigenvalue weighted by atomic mass is 16.5. The maximum absolute atomic E-state index is 11.6. The molecule has 1 amide bonds. The molecule has 0 saturated heterocycles. The summed E-state index contributed by atoms with van der Waals surface area (Å²) in [5.41, 5.74) is 6.39. The van der Waals surface area contributed by atoms with Crippen LogP contribution in [0.15, 0.2) is 18.2 Å². The first-order chi connectivity index (χ1) is 9.59. The van der Waals surface area contributed by atoms with Crippen LogP contribution in [-0.2, 0) is 11.2 Å². The van der Waals surface area contributed by atoms with E-state index in [0.29, 0.717) is 6.54 Å². The second kappa shape index (κ2) is 6.13. The van der Waals surface area contributed by atoms with E-state index in [1.54, 1.807) is 14.2 Å². The monoisotopic (exact) mass is 278 g/mol. The summed E-state index contributed by atoms with van der Waals surface area (Å²) < 4.78 is 10.5. The largest absolute Gasteiger partial charge is 0.493 e. The molecule has 20 heavy (non-hydrogen) atoms. The molecule has 0 spiro atoms. The lowest BCUT2D eigenvalue weighted by Gasteiger charge is -2.11. The van der Waals surface area contributed by atoms with Crippen molar-refractivity contribution < 1.29 is 14.3 Å². The quantitative estimate of drug-likeness (QED) is 0.736. The number of benzene rings is 1. The Hall–Kier alpha value is -1.75. The van der Waals surface area contributed by atoms with Crippen molar-refractivity contribution in [3.63, 3.8) is 0 Å². The number of nitrogens with two attached hydrogens (primary N) is 1. The average molecular weight is 278 g/mol. The number of rotatable bonds is 7. The van der Waals surface area contributed by atoms with Gasteiger partial charge >= 0.3 is 0 Å². The van der Waals surface area contributed by atoms with Crippen LogP contribution in [0.5, 0.6) is 11.5 Å². The van der Waals surface area contributed by atoms with Gasteiger partial charge in [-0.05, 0) is 43.4 Å². The van der Waals surface area contributed by atoms with Gasteiger partial charge < -0.3 is 20.5 Å². The van der Waals surface area contributed by atoms with E-state index < -0.39 is 5.54 Å². The van der Waals surface area contributed by atoms with Gasteiger partial charge in [0, 0.05) is 6.54 Å². The average Bonchev–Trinajstić information content (AvgIpc) is 3.22. The summed E-state index contributed by atoms with van der Waals surface area (Å²) >= 11 is 0. The summed E-state index contributed by atoms with van der Waals surface area (Å²) in [4.78, 5) is 11.6. The van der Waals surface area contributed by atoms with Crippen LogP contribution in [-0.4, -0.2) is 32.2 Å². The third kappa shape index (κ3) is 3.42. The number of amides is 1. The standard InChI is InChI=1S/C15H22N2O3/c1-19-12-6-5-11(10-13(12)20-2)4-3-9-17-14(18)15(16)7-8-15/h5-6,10H,3-4,7-9,16H2,1-2H3,(H,17,18). The minimum atomic E-state index is -0.580. The lowest BCUT2D eigenvalue weighted by Crippen LogP contribution is -2.43. The van der Waals surface area contributed by atoms with E-state index in [1.165, 1.54) is 0 Å². The second-order valence-electron chi connectivity index (χ2n) is 5.20. The van der Waals surface area contributed by atoms with E-state index in [2.05, 4.69) is 5.32 Å². The number of carbonyl (C=O) groups is 1. The molecule has 0 aliphatic heterocycles. The van der Waals surface area contributed by atoms with Gasteiger partial charge in [-0.15, -0.1) is 0 Å². The molecule has 110 valence electrons. The summed E-state index contributed by atoms with van der Waals surface area (Å²) in [5, 5.41) is 2.89. The van der Waals surface area contributed by atoms with Crippen molar-refractivity contribution in [2.75, 3.05) is 20.8 Å². The third-order valence-electron chi connectivity index (χ3n) is 3.62. The molecule has 1 fully saturated rings. The number of hydrogen-bond donors (Lipinski definition) is 2. The van der Waals surface area contributed by atoms with Crippen LogP contribution in [0, 0.1) is 0 Å². The molecule has 0 aromatic heterocycles. The molecule has 0 radical (unpaired) electrons. The molecule has 1 aromatic rings. The van der Waals surface area contributed by atoms with Gasteiger partial charge in [-0.2, -0.15) is 0 Å². The Labute approximate surface area is 119 Å². The van der Waals surface area contributed by atoms with Crippen molar-refractivity contribution in [3.05, 3.63) is 23.8 Å². The van der Waals surface area contributed by atoms with E-state index in [0.717, 1.165) is 42.7 Å². The molecule has 0 unspecified atom stereocenters. The molecular formula is C15H22N2O3. The van der Waals surface area contributed by atoms with Crippen LogP contribution in [0.4, 0.5) is 0 Å². The Morgan fingerprint density at radius 3 is 2.60 bits per heavy atom. The highest BCUT2D eigenvalue weighted by molar-refractivity contribution is 5.88. The lowest BCUT2D eigenvalue weighted by molar-refractivity contribution is -0.123. The summed E-state index contributed by atoms with van der Waals surface area (Å²) in [6.07, 6.45) is 3.35. The third-order valence-corrected chi connectivity index (χ3v) is 3.62. The molecule has 0 bridgehead atoms. The Bertz CT molecular complexity index is 484. The summed E-state index contributed by atoms with van der Waals surface area (Å²) in [6, 6.07) is 5.87. The van der Waals surface area contributed by atoms with Gasteiger partial charge in [0.05, 0.1) is 19.8 Å². The molecule has 0 heterocycles. The Morgan fingerprint density at radius 1 is 1.30 bits per heavy atom. The first kappa shape index (κ1) is 14.7. The van der Waals surface area contributed by atoms with Crippen LogP contribution in [0.2, 0.25) is 0 Å². The highest BCUT2D eigenvalue weighted by Crippen LogP contribution is 2.32. The zero-order valence-electron chi connectivity index (χ0n) is 12.1. The van der Waals surface area contributed by atoms with E-state index >= 15 is 0 Å². The predicted molar refractivity (Wildman–Crippen MR) is 77.0 cm³/mol. The van der Waals surface area contributed by atoms with Crippen molar-refractivity contribution in [1.82, 2.24) is 5.32 Å². The van der Waals surface area contributed by atoms with Crippen molar-refractivity contribution in [3.8, 4) is 11.5 Å². The minimum Gasteiger partial charge on any atom is -0.493 e. The van der Waals surface area contributed by atoms with Crippen molar-refractivity contribution in [1.29, 1.82) is 0 Å². The van der Waals surface area contributed by atoms with Crippen LogP contribution in [0.1, 0.15) is 24.8 Å². The van der Waals surface area contributed by atoms with E-state index in [4.69, 9.17) is 15.2 Å². The second-order valence-corrected chi connectivity index (χ2v) is 5.20. The van der Waals surface area contributed by atoms with Gasteiger partial charge in [0.15, 0.2) is 11.5 Å². The van der Waals surface area contributed by atoms with Crippen LogP contribution < -0.4 is 20.5 Å². The minimum absolute atomic E-state index is 0.0233. The van der Waals surface area contributed by atoms with E-state index in [-0.39, 0.29) is 5.91 Å². The van der Waals surface area contributed by atoms with Crippen molar-refractivity contribution in [2.45, 2.75) is 31.2 Å². The molecule has 3 N–H and O–H groups in total. The zero-order valence-corrected chi connectivity index (χ0v) is 12.1. The van der Waals surface area contributed by atoms with Gasteiger partial charge in [0.25, 0.3) is 0 Å². The predicted octanol–water partition coefficient (Wildman–Crippen LogP) is 1.24. The maximum Gasteiger partial charge on any atom is 0.240 e. The number of carbonyl (C=O) groups excluding carboxylic acids is 1. The molecule has 5 nitrogen and oxygen atoms in total. The normalized spacial score (nSPS) is 15.6. The molecular weight excluding hydrogens is 256 g/mol. The molecule has 0 atom stereocenters. The van der Waals surface area contributed by atoms with Crippen LogP contribution in [0.25, 0.3) is 0 Å². The molecule has 2 rings (SSSR count). The Kier molecular flexibility index (Phi) is 4.49. The van der Waals surface area contributed by atoms with E-state index in [9.17, 15) is 4.79 Å². The zero-order chi connectivity index (χ0) is 14.6. The van der Waals surface area contributed by atoms with E-state index in [1.807, 2.05) is 18.2 Å². The first-order valence-corrected chi connectivity index (χ1v) is 6.87. The van der Waals surface area contributed by atoms with Crippen molar-refractivity contribution >= 4 is 5.91 Å². The fourth-order valence-corrected chi connectivity index (χ4v) is 2.07. The highest BCUT2D eigenvalue weighted by Gasteiger charge is 2.45. The fourth-order valence-electron chi connectivity index (χ4n) is 2.07. The SMILES string of the molecule is COc1ccc(CCCNC(=O)C2(N)CC2)cc1OC. The maximum atomic E-state index is 11.6. The van der Waals surface area contributed by atoms with Crippen molar-refractivity contribution in [2.24, 2.45) is 5.73 Å². The summed E-state index contributed by atoms with van der Waals surface area (Å²) in [7, 11) is 3.24. The van der Waals surface area contributed by atoms with Gasteiger partial charge in [-0.1, -0.05) is 6.07 Å². The first-order valence-electron chi connectivity index (χ1n) is 6.87. The summed E-state index contributed by atoms with van der Waals surface area (Å²) in [6.45, 7) is 0.645. The lowest BCUT2D eigenvalue weighted by atomic mass is 10.1. The topological polar surface area (TPSA) is 73.6 Å². The molecule has 5 heteroatoms. The number of methoxy groups -OCH3 is 2. The van der Waals surface area contributed by atoms with Gasteiger partial charge in [-0.25, -0.2) is 0 Å². The molecule has 1 aliphatic rings.